The van der Waals surface area contributed by atoms with Crippen molar-refractivity contribution in [2.45, 2.75) is 122 Å². The van der Waals surface area contributed by atoms with Gasteiger partial charge >= 0.3 is 5.97 Å². The van der Waals surface area contributed by atoms with Crippen LogP contribution in [0.3, 0.4) is 0 Å². The smallest absolute Gasteiger partial charge is 0.338 e. The number of rotatable bonds is 12. The van der Waals surface area contributed by atoms with E-state index in [1.807, 2.05) is 12.1 Å². The van der Waals surface area contributed by atoms with Crippen LogP contribution in [0.5, 0.6) is 0 Å². The van der Waals surface area contributed by atoms with Crippen molar-refractivity contribution in [3.63, 3.8) is 0 Å². The molecule has 1 unspecified atom stereocenters. The molecular formula is C31H48O2. The second-order valence-corrected chi connectivity index (χ2v) is 10.9. The van der Waals surface area contributed by atoms with Crippen LogP contribution >= 0.6 is 0 Å². The molecule has 33 heavy (non-hydrogen) atoms. The predicted molar refractivity (Wildman–Crippen MR) is 140 cm³/mol. The fourth-order valence-electron chi connectivity index (χ4n) is 6.37. The average molecular weight is 453 g/mol. The van der Waals surface area contributed by atoms with Crippen molar-refractivity contribution in [1.29, 1.82) is 0 Å². The molecule has 0 bridgehead atoms. The third kappa shape index (κ3) is 8.01. The van der Waals surface area contributed by atoms with Gasteiger partial charge in [0.25, 0.3) is 0 Å². The van der Waals surface area contributed by atoms with Crippen LogP contribution in [0.15, 0.2) is 36.9 Å². The van der Waals surface area contributed by atoms with Crippen LogP contribution in [0.25, 0.3) is 0 Å². The molecule has 0 aliphatic heterocycles. The lowest BCUT2D eigenvalue weighted by Crippen LogP contribution is -2.24. The molecule has 3 rings (SSSR count). The molecule has 1 aromatic carbocycles. The highest BCUT2D eigenvalue weighted by Crippen LogP contribution is 2.41. The SMILES string of the molecule is C=CCC(c1ccc(C(=O)OC2CCC(CCC)CC2)cc1)C1CCC(CCCCC)CC1. The van der Waals surface area contributed by atoms with Gasteiger partial charge in [0.05, 0.1) is 5.56 Å². The second-order valence-electron chi connectivity index (χ2n) is 10.9. The highest BCUT2D eigenvalue weighted by Gasteiger charge is 2.28. The zero-order chi connectivity index (χ0) is 23.5. The summed E-state index contributed by atoms with van der Waals surface area (Å²) in [5.41, 5.74) is 2.06. The molecule has 0 aromatic heterocycles. The Balaban J connectivity index is 1.51. The van der Waals surface area contributed by atoms with E-state index in [0.29, 0.717) is 11.5 Å². The summed E-state index contributed by atoms with van der Waals surface area (Å²) in [6, 6.07) is 8.34. The third-order valence-corrected chi connectivity index (χ3v) is 8.44. The van der Waals surface area contributed by atoms with E-state index >= 15 is 0 Å². The van der Waals surface area contributed by atoms with Crippen molar-refractivity contribution in [2.75, 3.05) is 0 Å². The molecule has 2 aliphatic rings. The minimum atomic E-state index is -0.145. The molecule has 2 saturated carbocycles. The molecule has 1 aromatic rings. The third-order valence-electron chi connectivity index (χ3n) is 8.44. The Kier molecular flexibility index (Phi) is 11.0. The highest BCUT2D eigenvalue weighted by atomic mass is 16.5. The Bertz CT molecular complexity index is 690. The number of allylic oxidation sites excluding steroid dienone is 1. The number of hydrogen-bond acceptors (Lipinski definition) is 2. The molecule has 0 heterocycles. The molecule has 2 aliphatic carbocycles. The maximum atomic E-state index is 12.7. The minimum absolute atomic E-state index is 0.103. The molecule has 2 heteroatoms. The standard InChI is InChI=1S/C31H48O2/c1-4-7-8-11-25-12-16-26(17-13-25)30(10-6-3)27-18-20-28(21-19-27)31(32)33-29-22-14-24(9-5-2)15-23-29/h6,18-21,24-26,29-30H,3-5,7-17,22-23H2,1-2H3. The summed E-state index contributed by atoms with van der Waals surface area (Å²) >= 11 is 0. The zero-order valence-electron chi connectivity index (χ0n) is 21.4. The first-order chi connectivity index (χ1) is 16.1. The predicted octanol–water partition coefficient (Wildman–Crippen LogP) is 9.25. The van der Waals surface area contributed by atoms with E-state index in [4.69, 9.17) is 4.74 Å². The maximum absolute atomic E-state index is 12.7. The summed E-state index contributed by atoms with van der Waals surface area (Å²) in [4.78, 5) is 12.7. The Morgan fingerprint density at radius 1 is 0.909 bits per heavy atom. The van der Waals surface area contributed by atoms with Crippen LogP contribution in [-0.4, -0.2) is 12.1 Å². The van der Waals surface area contributed by atoms with E-state index < -0.39 is 0 Å². The molecule has 184 valence electrons. The van der Waals surface area contributed by atoms with Gasteiger partial charge in [-0.2, -0.15) is 0 Å². The fraction of sp³-hybridized carbons (Fsp3) is 0.710. The van der Waals surface area contributed by atoms with Gasteiger partial charge in [0.1, 0.15) is 6.10 Å². The van der Waals surface area contributed by atoms with E-state index in [2.05, 4.69) is 38.6 Å². The second kappa shape index (κ2) is 14.0. The van der Waals surface area contributed by atoms with E-state index in [9.17, 15) is 4.79 Å². The number of hydrogen-bond donors (Lipinski definition) is 0. The Morgan fingerprint density at radius 3 is 2.15 bits per heavy atom. The van der Waals surface area contributed by atoms with Crippen LogP contribution in [-0.2, 0) is 4.74 Å². The van der Waals surface area contributed by atoms with Gasteiger partial charge in [-0.25, -0.2) is 4.79 Å². The number of carbonyl (C=O) groups excluding carboxylic acids is 1. The van der Waals surface area contributed by atoms with Gasteiger partial charge in [-0.15, -0.1) is 6.58 Å². The van der Waals surface area contributed by atoms with Crippen LogP contribution in [0.1, 0.15) is 132 Å². The molecule has 2 nitrogen and oxygen atoms in total. The number of benzene rings is 1. The lowest BCUT2D eigenvalue weighted by molar-refractivity contribution is 0.0161. The van der Waals surface area contributed by atoms with Gasteiger partial charge in [0.15, 0.2) is 0 Å². The summed E-state index contributed by atoms with van der Waals surface area (Å²) in [6.45, 7) is 8.59. The van der Waals surface area contributed by atoms with Crippen LogP contribution in [0, 0.1) is 17.8 Å². The summed E-state index contributed by atoms with van der Waals surface area (Å²) in [5, 5.41) is 0. The first-order valence-electron chi connectivity index (χ1n) is 14.1. The van der Waals surface area contributed by atoms with E-state index in [-0.39, 0.29) is 12.1 Å². The van der Waals surface area contributed by atoms with Crippen molar-refractivity contribution in [1.82, 2.24) is 0 Å². The average Bonchev–Trinajstić information content (AvgIpc) is 2.85. The van der Waals surface area contributed by atoms with Gasteiger partial charge in [0, 0.05) is 0 Å². The summed E-state index contributed by atoms with van der Waals surface area (Å²) in [7, 11) is 0. The van der Waals surface area contributed by atoms with Crippen LogP contribution in [0.4, 0.5) is 0 Å². The Morgan fingerprint density at radius 2 is 1.55 bits per heavy atom. The van der Waals surface area contributed by atoms with Gasteiger partial charge in [0.2, 0.25) is 0 Å². The number of unbranched alkanes of at least 4 members (excludes halogenated alkanes) is 2. The van der Waals surface area contributed by atoms with E-state index in [1.54, 1.807) is 0 Å². The van der Waals surface area contributed by atoms with Crippen molar-refractivity contribution in [3.8, 4) is 0 Å². The molecule has 2 fully saturated rings. The molecular weight excluding hydrogens is 404 g/mol. The molecule has 0 spiro atoms. The maximum Gasteiger partial charge on any atom is 0.338 e. The van der Waals surface area contributed by atoms with Gasteiger partial charge < -0.3 is 4.74 Å². The highest BCUT2D eigenvalue weighted by molar-refractivity contribution is 5.89. The van der Waals surface area contributed by atoms with E-state index in [0.717, 1.165) is 37.0 Å². The lowest BCUT2D eigenvalue weighted by atomic mass is 9.71. The van der Waals surface area contributed by atoms with Crippen LogP contribution in [0.2, 0.25) is 0 Å². The van der Waals surface area contributed by atoms with Crippen molar-refractivity contribution in [2.24, 2.45) is 17.8 Å². The summed E-state index contributed by atoms with van der Waals surface area (Å²) < 4.78 is 5.86. The molecule has 1 atom stereocenters. The first kappa shape index (κ1) is 26.0. The zero-order valence-corrected chi connectivity index (χ0v) is 21.4. The quantitative estimate of drug-likeness (QED) is 0.179. The number of ether oxygens (including phenoxy) is 1. The summed E-state index contributed by atoms with van der Waals surface area (Å²) in [5.74, 6) is 2.89. The largest absolute Gasteiger partial charge is 0.459 e. The van der Waals surface area contributed by atoms with Gasteiger partial charge in [-0.3, -0.25) is 0 Å². The molecule has 0 amide bonds. The minimum Gasteiger partial charge on any atom is -0.459 e. The normalized spacial score (nSPS) is 26.5. The fourth-order valence-corrected chi connectivity index (χ4v) is 6.37. The number of carbonyl (C=O) groups is 1. The van der Waals surface area contributed by atoms with Crippen molar-refractivity contribution >= 4 is 5.97 Å². The summed E-state index contributed by atoms with van der Waals surface area (Å²) in [6.07, 6.45) is 21.2. The Labute approximate surface area is 203 Å². The van der Waals surface area contributed by atoms with Crippen LogP contribution < -0.4 is 0 Å². The molecule has 0 saturated heterocycles. The topological polar surface area (TPSA) is 26.3 Å². The van der Waals surface area contributed by atoms with Crippen molar-refractivity contribution < 1.29 is 9.53 Å². The molecule has 0 radical (unpaired) electrons. The Hall–Kier alpha value is -1.57. The monoisotopic (exact) mass is 452 g/mol. The van der Waals surface area contributed by atoms with Crippen molar-refractivity contribution in [3.05, 3.63) is 48.0 Å². The van der Waals surface area contributed by atoms with Gasteiger partial charge in [-0.1, -0.05) is 83.4 Å². The first-order valence-corrected chi connectivity index (χ1v) is 14.1. The number of esters is 1. The molecule has 0 N–H and O–H groups in total. The van der Waals surface area contributed by atoms with E-state index in [1.165, 1.54) is 82.6 Å². The van der Waals surface area contributed by atoms with Gasteiger partial charge in [-0.05, 0) is 86.3 Å². The lowest BCUT2D eigenvalue weighted by Gasteiger charge is -2.34.